The number of esters is 1. The summed E-state index contributed by atoms with van der Waals surface area (Å²) in [6.07, 6.45) is -1.07. The number of amides is 1. The predicted molar refractivity (Wildman–Crippen MR) is 102 cm³/mol. The van der Waals surface area contributed by atoms with Crippen molar-refractivity contribution in [2.75, 3.05) is 19.0 Å². The number of halogens is 1. The van der Waals surface area contributed by atoms with Crippen LogP contribution < -0.4 is 9.62 Å². The van der Waals surface area contributed by atoms with Crippen LogP contribution in [0.15, 0.2) is 53.4 Å². The molecule has 0 fully saturated rings. The van der Waals surface area contributed by atoms with E-state index in [0.29, 0.717) is 5.69 Å². The maximum absolute atomic E-state index is 12.5. The minimum atomic E-state index is -3.84. The molecular formula is C18H19ClN2O5S. The minimum Gasteiger partial charge on any atom is -0.449 e. The Morgan fingerprint density at radius 1 is 1.15 bits per heavy atom. The monoisotopic (exact) mass is 410 g/mol. The van der Waals surface area contributed by atoms with Crippen molar-refractivity contribution in [1.82, 2.24) is 4.72 Å². The SMILES string of the molecule is CNS(=O)(=O)c1cc(C(=O)OC(C)C(=O)N(C)c2ccccc2)ccc1Cl. The molecule has 0 saturated carbocycles. The van der Waals surface area contributed by atoms with Crippen molar-refractivity contribution in [1.29, 1.82) is 0 Å². The first-order valence-electron chi connectivity index (χ1n) is 7.94. The van der Waals surface area contributed by atoms with Gasteiger partial charge in [0.15, 0.2) is 6.10 Å². The Labute approximate surface area is 162 Å². The largest absolute Gasteiger partial charge is 0.449 e. The summed E-state index contributed by atoms with van der Waals surface area (Å²) in [5.41, 5.74) is 0.620. The first-order chi connectivity index (χ1) is 12.7. The van der Waals surface area contributed by atoms with E-state index >= 15 is 0 Å². The van der Waals surface area contributed by atoms with E-state index in [4.69, 9.17) is 16.3 Å². The lowest BCUT2D eigenvalue weighted by Gasteiger charge is -2.21. The molecule has 0 saturated heterocycles. The van der Waals surface area contributed by atoms with Crippen LogP contribution in [-0.2, 0) is 19.6 Å². The summed E-state index contributed by atoms with van der Waals surface area (Å²) in [6.45, 7) is 1.45. The molecule has 0 bridgehead atoms. The predicted octanol–water partition coefficient (Wildman–Crippen LogP) is 2.46. The zero-order valence-electron chi connectivity index (χ0n) is 15.0. The third-order valence-electron chi connectivity index (χ3n) is 3.83. The van der Waals surface area contributed by atoms with Crippen LogP contribution >= 0.6 is 11.6 Å². The Kier molecular flexibility index (Phi) is 6.59. The number of sulfonamides is 1. The van der Waals surface area contributed by atoms with Gasteiger partial charge in [-0.25, -0.2) is 17.9 Å². The first kappa shape index (κ1) is 20.9. The standard InChI is InChI=1S/C18H19ClN2O5S/c1-12(17(22)21(3)14-7-5-4-6-8-14)26-18(23)13-9-10-15(19)16(11-13)27(24,25)20-2/h4-12,20H,1-3H3. The molecule has 2 aromatic carbocycles. The molecule has 7 nitrogen and oxygen atoms in total. The highest BCUT2D eigenvalue weighted by Gasteiger charge is 2.24. The van der Waals surface area contributed by atoms with E-state index in [-0.39, 0.29) is 15.5 Å². The number of carbonyl (C=O) groups excluding carboxylic acids is 2. The number of benzene rings is 2. The Bertz CT molecular complexity index is 947. The normalized spacial score (nSPS) is 12.3. The van der Waals surface area contributed by atoms with E-state index < -0.39 is 28.0 Å². The molecule has 1 atom stereocenters. The summed E-state index contributed by atoms with van der Waals surface area (Å²) in [6, 6.07) is 12.6. The van der Waals surface area contributed by atoms with E-state index in [0.717, 1.165) is 6.07 Å². The van der Waals surface area contributed by atoms with Crippen molar-refractivity contribution in [2.24, 2.45) is 0 Å². The van der Waals surface area contributed by atoms with E-state index in [1.165, 1.54) is 31.0 Å². The number of para-hydroxylation sites is 1. The minimum absolute atomic E-state index is 0.0322. The molecule has 1 N–H and O–H groups in total. The molecule has 0 aliphatic carbocycles. The van der Waals surface area contributed by atoms with Crippen molar-refractivity contribution >= 4 is 39.2 Å². The van der Waals surface area contributed by atoms with Crippen molar-refractivity contribution in [2.45, 2.75) is 17.9 Å². The van der Waals surface area contributed by atoms with Gasteiger partial charge < -0.3 is 9.64 Å². The maximum atomic E-state index is 12.5. The summed E-state index contributed by atoms with van der Waals surface area (Å²) in [7, 11) is -1.04. The van der Waals surface area contributed by atoms with E-state index in [1.54, 1.807) is 31.3 Å². The summed E-state index contributed by atoms with van der Waals surface area (Å²) >= 11 is 5.90. The summed E-state index contributed by atoms with van der Waals surface area (Å²) in [4.78, 5) is 25.9. The summed E-state index contributed by atoms with van der Waals surface area (Å²) < 4.78 is 31.3. The Hall–Kier alpha value is -2.42. The summed E-state index contributed by atoms with van der Waals surface area (Å²) in [5.74, 6) is -1.26. The van der Waals surface area contributed by atoms with Crippen molar-refractivity contribution in [3.63, 3.8) is 0 Å². The van der Waals surface area contributed by atoms with Crippen LogP contribution in [0.5, 0.6) is 0 Å². The number of carbonyl (C=O) groups is 2. The highest BCUT2D eigenvalue weighted by molar-refractivity contribution is 7.89. The van der Waals surface area contributed by atoms with Gasteiger partial charge in [0.1, 0.15) is 4.90 Å². The zero-order valence-corrected chi connectivity index (χ0v) is 16.5. The molecule has 0 aliphatic heterocycles. The Balaban J connectivity index is 2.17. The van der Waals surface area contributed by atoms with Crippen LogP contribution in [0.2, 0.25) is 5.02 Å². The third kappa shape index (κ3) is 4.85. The quantitative estimate of drug-likeness (QED) is 0.738. The fraction of sp³-hybridized carbons (Fsp3) is 0.222. The molecule has 1 unspecified atom stereocenters. The van der Waals surface area contributed by atoms with Crippen molar-refractivity contribution < 1.29 is 22.7 Å². The van der Waals surface area contributed by atoms with Gasteiger partial charge in [-0.15, -0.1) is 0 Å². The van der Waals surface area contributed by atoms with Crippen LogP contribution in [0, 0.1) is 0 Å². The van der Waals surface area contributed by atoms with Crippen molar-refractivity contribution in [3.05, 3.63) is 59.1 Å². The topological polar surface area (TPSA) is 92.8 Å². The molecule has 2 rings (SSSR count). The van der Waals surface area contributed by atoms with Crippen LogP contribution in [0.1, 0.15) is 17.3 Å². The number of likely N-dealkylation sites (N-methyl/N-ethyl adjacent to an activating group) is 1. The molecule has 9 heteroatoms. The number of rotatable bonds is 6. The molecule has 0 aromatic heterocycles. The van der Waals surface area contributed by atoms with Gasteiger partial charge in [0.05, 0.1) is 10.6 Å². The second-order valence-electron chi connectivity index (χ2n) is 5.63. The molecule has 27 heavy (non-hydrogen) atoms. The summed E-state index contributed by atoms with van der Waals surface area (Å²) in [5, 5.41) is -0.0335. The number of anilines is 1. The molecule has 0 radical (unpaired) electrons. The molecule has 0 aliphatic rings. The average molecular weight is 411 g/mol. The Morgan fingerprint density at radius 2 is 1.78 bits per heavy atom. The van der Waals surface area contributed by atoms with Gasteiger partial charge in [-0.1, -0.05) is 29.8 Å². The fourth-order valence-electron chi connectivity index (χ4n) is 2.28. The maximum Gasteiger partial charge on any atom is 0.338 e. The van der Waals surface area contributed by atoms with E-state index in [2.05, 4.69) is 4.72 Å². The van der Waals surface area contributed by atoms with Crippen LogP contribution in [0.4, 0.5) is 5.69 Å². The fourth-order valence-corrected chi connectivity index (χ4v) is 3.53. The second kappa shape index (κ2) is 8.51. The van der Waals surface area contributed by atoms with Gasteiger partial charge in [0, 0.05) is 12.7 Å². The number of nitrogens with zero attached hydrogens (tertiary/aromatic N) is 1. The van der Waals surface area contributed by atoms with Gasteiger partial charge in [-0.05, 0) is 44.3 Å². The first-order valence-corrected chi connectivity index (χ1v) is 9.80. The van der Waals surface area contributed by atoms with Crippen LogP contribution in [-0.4, -0.2) is 40.5 Å². The average Bonchev–Trinajstić information content (AvgIpc) is 2.67. The number of ether oxygens (including phenoxy) is 1. The lowest BCUT2D eigenvalue weighted by molar-refractivity contribution is -0.126. The second-order valence-corrected chi connectivity index (χ2v) is 7.90. The zero-order chi connectivity index (χ0) is 20.2. The van der Waals surface area contributed by atoms with Crippen molar-refractivity contribution in [3.8, 4) is 0 Å². The smallest absolute Gasteiger partial charge is 0.338 e. The molecule has 0 heterocycles. The van der Waals surface area contributed by atoms with E-state index in [9.17, 15) is 18.0 Å². The third-order valence-corrected chi connectivity index (χ3v) is 5.73. The Morgan fingerprint density at radius 3 is 2.37 bits per heavy atom. The highest BCUT2D eigenvalue weighted by Crippen LogP contribution is 2.23. The van der Waals surface area contributed by atoms with Gasteiger partial charge in [0.25, 0.3) is 5.91 Å². The van der Waals surface area contributed by atoms with Gasteiger partial charge in [-0.3, -0.25) is 4.79 Å². The van der Waals surface area contributed by atoms with Gasteiger partial charge in [0.2, 0.25) is 10.0 Å². The number of hydrogen-bond donors (Lipinski definition) is 1. The van der Waals surface area contributed by atoms with Gasteiger partial charge in [-0.2, -0.15) is 0 Å². The molecule has 0 spiro atoms. The van der Waals surface area contributed by atoms with Crippen LogP contribution in [0.3, 0.4) is 0 Å². The number of hydrogen-bond acceptors (Lipinski definition) is 5. The molecule has 1 amide bonds. The number of nitrogens with one attached hydrogen (secondary N) is 1. The molecule has 2 aromatic rings. The van der Waals surface area contributed by atoms with Crippen LogP contribution in [0.25, 0.3) is 0 Å². The highest BCUT2D eigenvalue weighted by atomic mass is 35.5. The molecular weight excluding hydrogens is 392 g/mol. The molecule has 144 valence electrons. The lowest BCUT2D eigenvalue weighted by atomic mass is 10.2. The lowest BCUT2D eigenvalue weighted by Crippen LogP contribution is -2.37. The van der Waals surface area contributed by atoms with E-state index in [1.807, 2.05) is 6.07 Å². The van der Waals surface area contributed by atoms with Gasteiger partial charge >= 0.3 is 5.97 Å².